The lowest BCUT2D eigenvalue weighted by Gasteiger charge is -2.25. The van der Waals surface area contributed by atoms with Crippen LogP contribution in [0.5, 0.6) is 0 Å². The number of hydrogen-bond donors (Lipinski definition) is 1. The molecule has 1 aromatic carbocycles. The van der Waals surface area contributed by atoms with Gasteiger partial charge in [0.1, 0.15) is 0 Å². The predicted molar refractivity (Wildman–Crippen MR) is 82.0 cm³/mol. The van der Waals surface area contributed by atoms with Crippen LogP contribution >= 0.6 is 15.9 Å². The molecule has 0 radical (unpaired) electrons. The van der Waals surface area contributed by atoms with Gasteiger partial charge < -0.3 is 10.6 Å². The molecule has 0 spiro atoms. The fourth-order valence-electron chi connectivity index (χ4n) is 2.23. The normalized spacial score (nSPS) is 14.4. The summed E-state index contributed by atoms with van der Waals surface area (Å²) >= 11 is 3.40. The van der Waals surface area contributed by atoms with E-state index >= 15 is 0 Å². The van der Waals surface area contributed by atoms with Crippen molar-refractivity contribution in [2.75, 3.05) is 10.6 Å². The highest BCUT2D eigenvalue weighted by atomic mass is 79.9. The first-order chi connectivity index (χ1) is 9.24. The summed E-state index contributed by atoms with van der Waals surface area (Å²) in [7, 11) is 0. The Morgan fingerprint density at radius 2 is 2.00 bits per heavy atom. The van der Waals surface area contributed by atoms with Gasteiger partial charge in [0.2, 0.25) is 0 Å². The summed E-state index contributed by atoms with van der Waals surface area (Å²) < 4.78 is 0.921. The lowest BCUT2D eigenvalue weighted by Crippen LogP contribution is -2.26. The average molecular weight is 318 g/mol. The van der Waals surface area contributed by atoms with Crippen LogP contribution in [0.25, 0.3) is 0 Å². The van der Waals surface area contributed by atoms with Crippen molar-refractivity contribution in [3.8, 4) is 0 Å². The Hall–Kier alpha value is -1.55. The van der Waals surface area contributed by atoms with E-state index in [0.717, 1.165) is 22.5 Å². The molecule has 0 atom stereocenters. The topological polar surface area (TPSA) is 42.1 Å². The van der Waals surface area contributed by atoms with E-state index in [9.17, 15) is 0 Å². The smallest absolute Gasteiger partial charge is 0.152 e. The van der Waals surface area contributed by atoms with E-state index in [2.05, 4.69) is 50.1 Å². The van der Waals surface area contributed by atoms with Gasteiger partial charge in [0.15, 0.2) is 5.82 Å². The Labute approximate surface area is 121 Å². The van der Waals surface area contributed by atoms with E-state index in [0.29, 0.717) is 6.04 Å². The molecule has 0 amide bonds. The Morgan fingerprint density at radius 1 is 1.26 bits per heavy atom. The summed E-state index contributed by atoms with van der Waals surface area (Å²) in [5, 5.41) is 0. The lowest BCUT2D eigenvalue weighted by molar-refractivity contribution is 0.779. The van der Waals surface area contributed by atoms with Crippen molar-refractivity contribution in [3.05, 3.63) is 52.6 Å². The van der Waals surface area contributed by atoms with E-state index in [1.54, 1.807) is 0 Å². The second kappa shape index (κ2) is 5.21. The fourth-order valence-corrected chi connectivity index (χ4v) is 2.58. The number of nitrogens with zero attached hydrogens (tertiary/aromatic N) is 2. The molecular formula is C15H16BrN3. The van der Waals surface area contributed by atoms with Gasteiger partial charge in [0.25, 0.3) is 0 Å². The van der Waals surface area contributed by atoms with Gasteiger partial charge in [-0.1, -0.05) is 30.3 Å². The molecule has 1 heterocycles. The van der Waals surface area contributed by atoms with Crippen molar-refractivity contribution in [1.82, 2.24) is 4.98 Å². The maximum absolute atomic E-state index is 6.11. The highest BCUT2D eigenvalue weighted by Gasteiger charge is 2.31. The third-order valence-electron chi connectivity index (χ3n) is 3.32. The average Bonchev–Trinajstić information content (AvgIpc) is 3.22. The maximum Gasteiger partial charge on any atom is 0.152 e. The van der Waals surface area contributed by atoms with E-state index in [1.165, 1.54) is 18.4 Å². The molecule has 0 saturated heterocycles. The van der Waals surface area contributed by atoms with Gasteiger partial charge in [-0.05, 0) is 40.4 Å². The van der Waals surface area contributed by atoms with Crippen molar-refractivity contribution < 1.29 is 0 Å². The van der Waals surface area contributed by atoms with Gasteiger partial charge in [-0.15, -0.1) is 0 Å². The van der Waals surface area contributed by atoms with Gasteiger partial charge in [-0.25, -0.2) is 4.98 Å². The van der Waals surface area contributed by atoms with E-state index in [-0.39, 0.29) is 0 Å². The number of anilines is 2. The second-order valence-corrected chi connectivity index (χ2v) is 5.83. The summed E-state index contributed by atoms with van der Waals surface area (Å²) in [6.07, 6.45) is 4.26. The van der Waals surface area contributed by atoms with Crippen LogP contribution in [-0.4, -0.2) is 11.0 Å². The number of benzene rings is 1. The zero-order valence-corrected chi connectivity index (χ0v) is 12.2. The van der Waals surface area contributed by atoms with Crippen LogP contribution in [-0.2, 0) is 6.54 Å². The van der Waals surface area contributed by atoms with Crippen LogP contribution in [0.15, 0.2) is 47.1 Å². The molecule has 98 valence electrons. The summed E-state index contributed by atoms with van der Waals surface area (Å²) in [6, 6.07) is 13.0. The first-order valence-corrected chi connectivity index (χ1v) is 7.25. The monoisotopic (exact) mass is 317 g/mol. The molecule has 1 aliphatic rings. The first-order valence-electron chi connectivity index (χ1n) is 6.45. The van der Waals surface area contributed by atoms with Gasteiger partial charge >= 0.3 is 0 Å². The number of rotatable bonds is 4. The number of halogens is 1. The second-order valence-electron chi connectivity index (χ2n) is 4.91. The summed E-state index contributed by atoms with van der Waals surface area (Å²) in [6.45, 7) is 0.865. The standard InChI is InChI=1S/C15H16BrN3/c16-12-8-14(17)15(18-9-12)19(13-6-7-13)10-11-4-2-1-3-5-11/h1-5,8-9,13H,6-7,10,17H2. The molecule has 1 saturated carbocycles. The van der Waals surface area contributed by atoms with E-state index < -0.39 is 0 Å². The molecule has 3 nitrogen and oxygen atoms in total. The van der Waals surface area contributed by atoms with Crippen molar-refractivity contribution >= 4 is 27.4 Å². The Bertz CT molecular complexity index is 567. The van der Waals surface area contributed by atoms with Crippen LogP contribution in [0.2, 0.25) is 0 Å². The van der Waals surface area contributed by atoms with Crippen LogP contribution in [0, 0.1) is 0 Å². The quantitative estimate of drug-likeness (QED) is 0.937. The molecule has 4 heteroatoms. The molecule has 0 aliphatic heterocycles. The van der Waals surface area contributed by atoms with Crippen molar-refractivity contribution in [1.29, 1.82) is 0 Å². The summed E-state index contributed by atoms with van der Waals surface area (Å²) in [5.41, 5.74) is 8.13. The molecule has 3 rings (SSSR count). The summed E-state index contributed by atoms with van der Waals surface area (Å²) in [5.74, 6) is 0.898. The molecule has 0 unspecified atom stereocenters. The van der Waals surface area contributed by atoms with Crippen molar-refractivity contribution in [2.24, 2.45) is 0 Å². The zero-order chi connectivity index (χ0) is 13.2. The zero-order valence-electron chi connectivity index (χ0n) is 10.6. The minimum absolute atomic E-state index is 0.580. The van der Waals surface area contributed by atoms with Gasteiger partial charge in [-0.2, -0.15) is 0 Å². The largest absolute Gasteiger partial charge is 0.396 e. The number of nitrogens with two attached hydrogens (primary N) is 1. The van der Waals surface area contributed by atoms with Crippen molar-refractivity contribution in [2.45, 2.75) is 25.4 Å². The molecule has 1 aromatic heterocycles. The minimum atomic E-state index is 0.580. The van der Waals surface area contributed by atoms with E-state index in [1.807, 2.05) is 18.3 Å². The first kappa shape index (κ1) is 12.5. The Balaban J connectivity index is 1.89. The number of aromatic nitrogens is 1. The highest BCUT2D eigenvalue weighted by Crippen LogP contribution is 2.35. The van der Waals surface area contributed by atoms with Crippen LogP contribution in [0.3, 0.4) is 0 Å². The number of hydrogen-bond acceptors (Lipinski definition) is 3. The molecule has 2 N–H and O–H groups in total. The molecular weight excluding hydrogens is 302 g/mol. The predicted octanol–water partition coefficient (Wildman–Crippen LogP) is 3.60. The fraction of sp³-hybridized carbons (Fsp3) is 0.267. The number of pyridine rings is 1. The van der Waals surface area contributed by atoms with Gasteiger partial charge in [-0.3, -0.25) is 0 Å². The SMILES string of the molecule is Nc1cc(Br)cnc1N(Cc1ccccc1)C1CC1. The maximum atomic E-state index is 6.11. The highest BCUT2D eigenvalue weighted by molar-refractivity contribution is 9.10. The number of nitrogen functional groups attached to an aromatic ring is 1. The van der Waals surface area contributed by atoms with Crippen LogP contribution < -0.4 is 10.6 Å². The Kier molecular flexibility index (Phi) is 3.42. The third kappa shape index (κ3) is 2.89. The van der Waals surface area contributed by atoms with E-state index in [4.69, 9.17) is 5.73 Å². The molecule has 19 heavy (non-hydrogen) atoms. The summed E-state index contributed by atoms with van der Waals surface area (Å²) in [4.78, 5) is 6.81. The molecule has 1 fully saturated rings. The molecule has 1 aliphatic carbocycles. The van der Waals surface area contributed by atoms with Gasteiger partial charge in [0, 0.05) is 23.3 Å². The minimum Gasteiger partial charge on any atom is -0.396 e. The lowest BCUT2D eigenvalue weighted by atomic mass is 10.2. The Morgan fingerprint density at radius 3 is 2.63 bits per heavy atom. The van der Waals surface area contributed by atoms with Crippen LogP contribution in [0.4, 0.5) is 11.5 Å². The third-order valence-corrected chi connectivity index (χ3v) is 3.75. The molecule has 0 bridgehead atoms. The van der Waals surface area contributed by atoms with Crippen LogP contribution in [0.1, 0.15) is 18.4 Å². The molecule has 2 aromatic rings. The van der Waals surface area contributed by atoms with Crippen molar-refractivity contribution in [3.63, 3.8) is 0 Å². The van der Waals surface area contributed by atoms with Gasteiger partial charge in [0.05, 0.1) is 5.69 Å².